The van der Waals surface area contributed by atoms with Gasteiger partial charge in [-0.1, -0.05) is 36.4 Å². The Morgan fingerprint density at radius 1 is 0.579 bits per heavy atom. The molecule has 3 aromatic heterocycles. The third-order valence-corrected chi connectivity index (χ3v) is 10.4. The topological polar surface area (TPSA) is 246 Å². The van der Waals surface area contributed by atoms with E-state index >= 15 is 0 Å². The summed E-state index contributed by atoms with van der Waals surface area (Å²) in [5.74, 6) is 0.667. The van der Waals surface area contributed by atoms with Gasteiger partial charge in [-0.3, -0.25) is 10.1 Å². The second-order valence-electron chi connectivity index (χ2n) is 11.5. The molecule has 9 rings (SSSR count). The van der Waals surface area contributed by atoms with Crippen LogP contribution in [0, 0.1) is 6.92 Å². The van der Waals surface area contributed by atoms with Crippen molar-refractivity contribution in [2.24, 2.45) is 0 Å². The Morgan fingerprint density at radius 3 is 1.72 bits per heavy atom. The van der Waals surface area contributed by atoms with Crippen LogP contribution in [0.15, 0.2) is 87.5 Å². The number of fused-ring (bicyclic) bond motifs is 20. The van der Waals surface area contributed by atoms with Gasteiger partial charge in [0.05, 0.1) is 52.3 Å². The van der Waals surface area contributed by atoms with Gasteiger partial charge >= 0.3 is 73.7 Å². The molecule has 0 unspecified atom stereocenters. The summed E-state index contributed by atoms with van der Waals surface area (Å²) in [7, 11) is -4.85. The predicted octanol–water partition coefficient (Wildman–Crippen LogP) is -5.19. The van der Waals surface area contributed by atoms with Gasteiger partial charge in [-0.2, -0.15) is 8.67 Å². The zero-order chi connectivity index (χ0) is 36.4. The summed E-state index contributed by atoms with van der Waals surface area (Å²) in [5, 5.41) is 30.6. The van der Waals surface area contributed by atoms with Crippen molar-refractivity contribution in [1.29, 1.82) is 0 Å². The first-order valence-electron chi connectivity index (χ1n) is 15.1. The van der Waals surface area contributed by atoms with E-state index in [4.69, 9.17) is 39.9 Å². The van der Waals surface area contributed by atoms with Gasteiger partial charge in [-0.15, -0.1) is 0 Å². The molecule has 0 saturated heterocycles. The van der Waals surface area contributed by atoms with Crippen molar-refractivity contribution < 1.29 is 116 Å². The van der Waals surface area contributed by atoms with Crippen LogP contribution in [-0.2, 0) is 45.9 Å². The van der Waals surface area contributed by atoms with Crippen molar-refractivity contribution in [3.05, 3.63) is 78.4 Å². The van der Waals surface area contributed by atoms with E-state index in [1.165, 1.54) is 18.2 Å². The fourth-order valence-corrected chi connectivity index (χ4v) is 7.47. The maximum absolute atomic E-state index is 12.1. The molecule has 0 amide bonds. The molecule has 17 nitrogen and oxygen atoms in total. The fraction of sp³-hybridized carbons (Fsp3) is 0.0303. The summed E-state index contributed by atoms with van der Waals surface area (Å²) in [6.45, 7) is 1.89. The average molecular weight is 848 g/mol. The minimum atomic E-state index is -4.85. The number of hydrogen-bond acceptors (Lipinski definition) is 17. The van der Waals surface area contributed by atoms with Gasteiger partial charge in [-0.05, 0) is 70.4 Å². The third kappa shape index (κ3) is 8.39. The molecule has 0 N–H and O–H groups in total. The van der Waals surface area contributed by atoms with E-state index in [1.807, 2.05) is 25.1 Å². The number of aromatic nitrogens is 8. The molecule has 273 valence electrons. The summed E-state index contributed by atoms with van der Waals surface area (Å²) >= 11 is 1.37. The Morgan fingerprint density at radius 2 is 1.09 bits per heavy atom. The normalized spacial score (nSPS) is 11.5. The zero-order valence-corrected chi connectivity index (χ0v) is 33.1. The van der Waals surface area contributed by atoms with E-state index in [9.17, 15) is 23.5 Å². The minimum absolute atomic E-state index is 0. The first kappa shape index (κ1) is 45.0. The fourth-order valence-electron chi connectivity index (χ4n) is 6.18. The van der Waals surface area contributed by atoms with Crippen LogP contribution >= 0.6 is 24.1 Å². The van der Waals surface area contributed by atoms with Crippen molar-refractivity contribution in [1.82, 2.24) is 39.9 Å². The molecule has 0 spiro atoms. The van der Waals surface area contributed by atoms with E-state index in [0.717, 1.165) is 5.56 Å². The number of hydrogen-bond donors (Lipinski definition) is 0. The Labute approximate surface area is 376 Å². The number of aryl methyl sites for hydroxylation is 1. The third-order valence-electron chi connectivity index (χ3n) is 8.45. The molecular weight excluding hydrogens is 833 g/mol. The number of benzene rings is 4. The number of nitrogens with zero attached hydrogens (tertiary/aromatic N) is 8. The van der Waals surface area contributed by atoms with Crippen LogP contribution in [-0.4, -0.2) is 42.9 Å². The van der Waals surface area contributed by atoms with Crippen LogP contribution in [0.5, 0.6) is 0 Å². The predicted molar refractivity (Wildman–Crippen MR) is 183 cm³/mol. The molecule has 0 saturated carbocycles. The Bertz CT molecular complexity index is 2980. The van der Waals surface area contributed by atoms with Gasteiger partial charge in [0.25, 0.3) is 0 Å². The van der Waals surface area contributed by atoms with Gasteiger partial charge in [0.2, 0.25) is 0 Å². The van der Waals surface area contributed by atoms with Gasteiger partial charge in [-0.25, -0.2) is 18.4 Å². The molecule has 24 heteroatoms. The Hall–Kier alpha value is -3.08. The van der Waals surface area contributed by atoms with Gasteiger partial charge in [0.15, 0.2) is 0 Å². The van der Waals surface area contributed by atoms with Crippen LogP contribution in [0.4, 0.5) is 0 Å². The average Bonchev–Trinajstić information content (AvgIpc) is 3.88. The SMILES string of the molecule is Cc1cccc2c3nc4nc(nc5[n-]c(nc6nc(nc([n-]3)c12)-c1cc(S(=O)(=O)[O-])ccc1-6)c1cc(SOO[O-])ccc51)-c1cc(SOO[O-])ccc1-4.[Cu+2].[Li+].[Li+].[Li+]. The zero-order valence-electron chi connectivity index (χ0n) is 29.7. The molecule has 4 aromatic carbocycles. The second-order valence-corrected chi connectivity index (χ2v) is 14.4. The van der Waals surface area contributed by atoms with Crippen molar-refractivity contribution in [3.63, 3.8) is 0 Å². The van der Waals surface area contributed by atoms with Crippen LogP contribution in [0.2, 0.25) is 0 Å². The van der Waals surface area contributed by atoms with Gasteiger partial charge < -0.3 is 45.0 Å². The molecule has 5 heterocycles. The van der Waals surface area contributed by atoms with E-state index in [0.29, 0.717) is 77.8 Å². The number of rotatable bonds is 7. The first-order chi connectivity index (χ1) is 25.7. The van der Waals surface area contributed by atoms with E-state index in [1.54, 1.807) is 36.4 Å². The molecule has 0 atom stereocenters. The van der Waals surface area contributed by atoms with Crippen molar-refractivity contribution >= 4 is 78.3 Å². The van der Waals surface area contributed by atoms with E-state index < -0.39 is 15.0 Å². The van der Waals surface area contributed by atoms with Crippen LogP contribution in [0.3, 0.4) is 0 Å². The smallest absolute Gasteiger partial charge is 0.744 e. The summed E-state index contributed by atoms with van der Waals surface area (Å²) in [6, 6.07) is 19.6. The molecule has 1 radical (unpaired) electrons. The summed E-state index contributed by atoms with van der Waals surface area (Å²) in [4.78, 5) is 38.9. The van der Waals surface area contributed by atoms with Crippen molar-refractivity contribution in [2.45, 2.75) is 21.6 Å². The standard InChI is InChI=1S/C33H18N8O9S3.Cu.3Li/c1-14-3-2-4-21-25(14)33-40-29(21)34-26-18-8-5-15(51-49-47-42)11-22(18)30(35-26)36-27-19-9-6-16(52-50-48-43)12-23(19)31(37-27)38-28-20-10-7-17(53(44,45)46)13-24(20)32(39-28)41-33;;;;/h2-13H,1H3,(H3-2,34,35,36,37,38,39,40,41,42,43,44,45,46);;;;/q-2;+2;3*+1/p-3. The first-order valence-corrected chi connectivity index (χ1v) is 18.0. The quantitative estimate of drug-likeness (QED) is 0.0478. The summed E-state index contributed by atoms with van der Waals surface area (Å²) in [6.07, 6.45) is 0. The molecule has 2 aliphatic heterocycles. The van der Waals surface area contributed by atoms with Crippen LogP contribution < -0.4 is 77.1 Å². The Balaban J connectivity index is 0.00000155. The van der Waals surface area contributed by atoms with Gasteiger partial charge in [0, 0.05) is 54.6 Å². The van der Waals surface area contributed by atoms with E-state index in [2.05, 4.69) is 18.7 Å². The summed E-state index contributed by atoms with van der Waals surface area (Å²) in [5.41, 5.74) is 3.47. The molecule has 8 bridgehead atoms. The van der Waals surface area contributed by atoms with E-state index in [-0.39, 0.29) is 119 Å². The minimum Gasteiger partial charge on any atom is -0.744 e. The molecule has 0 fully saturated rings. The molecule has 0 aliphatic carbocycles. The molecule has 57 heavy (non-hydrogen) atoms. The Kier molecular flexibility index (Phi) is 14.2. The maximum atomic E-state index is 12.1. The molecular formula is C33H15CuLi3N8O9S3. The summed E-state index contributed by atoms with van der Waals surface area (Å²) < 4.78 is 45.4. The largest absolute Gasteiger partial charge is 2.00 e. The molecule has 7 aromatic rings. The maximum Gasteiger partial charge on any atom is 2.00 e. The van der Waals surface area contributed by atoms with Crippen LogP contribution in [0.1, 0.15) is 5.56 Å². The second kappa shape index (κ2) is 18.0. The van der Waals surface area contributed by atoms with Crippen molar-refractivity contribution in [3.8, 4) is 45.6 Å². The van der Waals surface area contributed by atoms with Crippen molar-refractivity contribution in [2.75, 3.05) is 0 Å². The van der Waals surface area contributed by atoms with Crippen LogP contribution in [0.25, 0.3) is 89.7 Å². The molecule has 2 aliphatic rings. The monoisotopic (exact) mass is 847 g/mol. The van der Waals surface area contributed by atoms with Gasteiger partial charge in [0.1, 0.15) is 10.1 Å².